The third-order valence-electron chi connectivity index (χ3n) is 2.52. The largest absolute Gasteiger partial charge is 0.366 e. The van der Waals surface area contributed by atoms with Gasteiger partial charge < -0.3 is 11.5 Å². The molecule has 0 saturated carbocycles. The number of primary amides is 1. The Kier molecular flexibility index (Phi) is 4.25. The number of nitrogens with two attached hydrogens (primary N) is 2. The molecule has 4 N–H and O–H groups in total. The van der Waals surface area contributed by atoms with E-state index in [0.717, 1.165) is 0 Å². The summed E-state index contributed by atoms with van der Waals surface area (Å²) >= 11 is 0. The van der Waals surface area contributed by atoms with E-state index in [-0.39, 0.29) is 12.3 Å². The maximum atomic E-state index is 11.8. The highest BCUT2D eigenvalue weighted by Gasteiger charge is 2.20. The van der Waals surface area contributed by atoms with E-state index in [2.05, 4.69) is 0 Å². The molecule has 1 rings (SSSR count). The minimum Gasteiger partial charge on any atom is -0.366 e. The van der Waals surface area contributed by atoms with E-state index in [4.69, 9.17) is 11.5 Å². The van der Waals surface area contributed by atoms with Crippen molar-refractivity contribution < 1.29 is 13.2 Å². The second-order valence-corrected chi connectivity index (χ2v) is 6.34. The lowest BCUT2D eigenvalue weighted by atomic mass is 10.1. The number of amides is 1. The van der Waals surface area contributed by atoms with Crippen LogP contribution in [0.15, 0.2) is 24.3 Å². The van der Waals surface area contributed by atoms with Gasteiger partial charge in [0.25, 0.3) is 0 Å². The molecule has 0 aliphatic heterocycles. The second kappa shape index (κ2) is 5.29. The van der Waals surface area contributed by atoms with Crippen molar-refractivity contribution in [1.29, 1.82) is 0 Å². The number of carbonyl (C=O) groups excluding carboxylic acids is 1. The van der Waals surface area contributed by atoms with Crippen molar-refractivity contribution in [1.82, 2.24) is 0 Å². The Hall–Kier alpha value is -1.40. The maximum absolute atomic E-state index is 11.8. The van der Waals surface area contributed by atoms with Gasteiger partial charge in [0.2, 0.25) is 5.91 Å². The number of sulfone groups is 1. The molecule has 1 amide bonds. The molecule has 0 aromatic heterocycles. The van der Waals surface area contributed by atoms with Gasteiger partial charge >= 0.3 is 0 Å². The fourth-order valence-electron chi connectivity index (χ4n) is 1.34. The molecule has 0 fully saturated rings. The Labute approximate surface area is 101 Å². The van der Waals surface area contributed by atoms with Crippen LogP contribution in [0, 0.1) is 0 Å². The summed E-state index contributed by atoms with van der Waals surface area (Å²) in [5, 5.41) is -0.597. The van der Waals surface area contributed by atoms with Crippen LogP contribution in [0.25, 0.3) is 0 Å². The van der Waals surface area contributed by atoms with Crippen molar-refractivity contribution in [2.24, 2.45) is 11.5 Å². The molecular weight excluding hydrogens is 240 g/mol. The molecule has 0 saturated heterocycles. The molecule has 6 heteroatoms. The third-order valence-corrected chi connectivity index (χ3v) is 4.68. The van der Waals surface area contributed by atoms with Gasteiger partial charge in [0.15, 0.2) is 9.84 Å². The summed E-state index contributed by atoms with van der Waals surface area (Å²) in [4.78, 5) is 11.0. The number of hydrogen-bond donors (Lipinski definition) is 2. The van der Waals surface area contributed by atoms with Crippen LogP contribution in [0.1, 0.15) is 22.8 Å². The van der Waals surface area contributed by atoms with E-state index in [1.807, 2.05) is 0 Å². The third kappa shape index (κ3) is 3.54. The van der Waals surface area contributed by atoms with E-state index in [1.165, 1.54) is 6.07 Å². The first-order chi connectivity index (χ1) is 7.86. The van der Waals surface area contributed by atoms with Crippen LogP contribution in [-0.2, 0) is 15.6 Å². The van der Waals surface area contributed by atoms with Crippen molar-refractivity contribution in [3.63, 3.8) is 0 Å². The van der Waals surface area contributed by atoms with Crippen LogP contribution in [-0.4, -0.2) is 26.1 Å². The summed E-state index contributed by atoms with van der Waals surface area (Å²) in [5.74, 6) is -0.705. The molecule has 1 aromatic rings. The molecule has 1 atom stereocenters. The highest BCUT2D eigenvalue weighted by atomic mass is 32.2. The number of rotatable bonds is 5. The molecule has 0 radical (unpaired) electrons. The highest BCUT2D eigenvalue weighted by Crippen LogP contribution is 2.12. The first kappa shape index (κ1) is 13.7. The summed E-state index contributed by atoms with van der Waals surface area (Å²) in [7, 11) is -3.28. The monoisotopic (exact) mass is 256 g/mol. The molecule has 0 aliphatic rings. The summed E-state index contributed by atoms with van der Waals surface area (Å²) in [5.41, 5.74) is 11.3. The minimum absolute atomic E-state index is 0.0812. The van der Waals surface area contributed by atoms with Gasteiger partial charge in [-0.2, -0.15) is 0 Å². The standard InChI is InChI=1S/C11H16N2O3S/c1-8(6-12)17(15,16)7-9-3-2-4-10(5-9)11(13)14/h2-5,8H,6-7,12H2,1H3,(H2,13,14). The molecule has 0 spiro atoms. The van der Waals surface area contributed by atoms with Crippen LogP contribution < -0.4 is 11.5 Å². The van der Waals surface area contributed by atoms with Crippen molar-refractivity contribution in [2.75, 3.05) is 6.54 Å². The Morgan fingerprint density at radius 1 is 1.41 bits per heavy atom. The van der Waals surface area contributed by atoms with Gasteiger partial charge in [0.1, 0.15) is 0 Å². The SMILES string of the molecule is CC(CN)S(=O)(=O)Cc1cccc(C(N)=O)c1. The molecule has 94 valence electrons. The van der Waals surface area contributed by atoms with E-state index < -0.39 is 21.0 Å². The van der Waals surface area contributed by atoms with Crippen LogP contribution in [0.5, 0.6) is 0 Å². The molecule has 17 heavy (non-hydrogen) atoms. The van der Waals surface area contributed by atoms with Gasteiger partial charge in [-0.25, -0.2) is 8.42 Å². The Morgan fingerprint density at radius 3 is 2.59 bits per heavy atom. The zero-order valence-electron chi connectivity index (χ0n) is 9.59. The number of benzene rings is 1. The van der Waals surface area contributed by atoms with Crippen LogP contribution >= 0.6 is 0 Å². The van der Waals surface area contributed by atoms with Crippen molar-refractivity contribution in [3.05, 3.63) is 35.4 Å². The van der Waals surface area contributed by atoms with E-state index in [9.17, 15) is 13.2 Å². The molecule has 0 aliphatic carbocycles. The summed E-state index contributed by atoms with van der Waals surface area (Å²) in [6.45, 7) is 1.64. The predicted octanol–water partition coefficient (Wildman–Crippen LogP) is 0.0475. The predicted molar refractivity (Wildman–Crippen MR) is 66.1 cm³/mol. The second-order valence-electron chi connectivity index (χ2n) is 3.92. The molecule has 1 aromatic carbocycles. The molecule has 0 bridgehead atoms. The van der Waals surface area contributed by atoms with Crippen molar-refractivity contribution in [3.8, 4) is 0 Å². The van der Waals surface area contributed by atoms with Gasteiger partial charge in [-0.05, 0) is 24.6 Å². The van der Waals surface area contributed by atoms with Crippen molar-refractivity contribution in [2.45, 2.75) is 17.9 Å². The molecule has 1 unspecified atom stereocenters. The van der Waals surface area contributed by atoms with Gasteiger partial charge in [0.05, 0.1) is 11.0 Å². The zero-order chi connectivity index (χ0) is 13.1. The lowest BCUT2D eigenvalue weighted by Gasteiger charge is -2.10. The Bertz CT molecular complexity index is 511. The number of hydrogen-bond acceptors (Lipinski definition) is 4. The Balaban J connectivity index is 2.96. The van der Waals surface area contributed by atoms with Gasteiger partial charge in [-0.15, -0.1) is 0 Å². The van der Waals surface area contributed by atoms with E-state index in [0.29, 0.717) is 11.1 Å². The zero-order valence-corrected chi connectivity index (χ0v) is 10.4. The fourth-order valence-corrected chi connectivity index (χ4v) is 2.56. The fraction of sp³-hybridized carbons (Fsp3) is 0.364. The highest BCUT2D eigenvalue weighted by molar-refractivity contribution is 7.91. The van der Waals surface area contributed by atoms with E-state index >= 15 is 0 Å². The first-order valence-electron chi connectivity index (χ1n) is 5.17. The van der Waals surface area contributed by atoms with Gasteiger partial charge in [0, 0.05) is 12.1 Å². The summed E-state index contributed by atoms with van der Waals surface area (Å²) in [6.07, 6.45) is 0. The van der Waals surface area contributed by atoms with Crippen LogP contribution in [0.2, 0.25) is 0 Å². The quantitative estimate of drug-likeness (QED) is 0.776. The van der Waals surface area contributed by atoms with Gasteiger partial charge in [-0.3, -0.25) is 4.79 Å². The lowest BCUT2D eigenvalue weighted by Crippen LogP contribution is -2.27. The van der Waals surface area contributed by atoms with Crippen LogP contribution in [0.3, 0.4) is 0 Å². The van der Waals surface area contributed by atoms with Crippen LogP contribution in [0.4, 0.5) is 0 Å². The number of carbonyl (C=O) groups is 1. The van der Waals surface area contributed by atoms with E-state index in [1.54, 1.807) is 25.1 Å². The average Bonchev–Trinajstić information content (AvgIpc) is 2.27. The molecule has 5 nitrogen and oxygen atoms in total. The lowest BCUT2D eigenvalue weighted by molar-refractivity contribution is 0.1000. The Morgan fingerprint density at radius 2 is 2.06 bits per heavy atom. The first-order valence-corrected chi connectivity index (χ1v) is 6.88. The van der Waals surface area contributed by atoms with Gasteiger partial charge in [-0.1, -0.05) is 12.1 Å². The summed E-state index contributed by atoms with van der Waals surface area (Å²) < 4.78 is 23.6. The summed E-state index contributed by atoms with van der Waals surface area (Å²) in [6, 6.07) is 6.29. The van der Waals surface area contributed by atoms with Crippen molar-refractivity contribution >= 4 is 15.7 Å². The molecular formula is C11H16N2O3S. The smallest absolute Gasteiger partial charge is 0.248 e. The normalized spacial score (nSPS) is 13.3. The minimum atomic E-state index is -3.28. The average molecular weight is 256 g/mol. The maximum Gasteiger partial charge on any atom is 0.248 e. The molecule has 0 heterocycles. The topological polar surface area (TPSA) is 103 Å².